The van der Waals surface area contributed by atoms with E-state index >= 15 is 0 Å². The molecule has 0 N–H and O–H groups in total. The van der Waals surface area contributed by atoms with Crippen molar-refractivity contribution in [2.75, 3.05) is 0 Å². The molecule has 0 spiro atoms. The Balaban J connectivity index is 2.16. The van der Waals surface area contributed by atoms with Crippen molar-refractivity contribution in [3.8, 4) is 11.5 Å². The molecule has 18 heavy (non-hydrogen) atoms. The molecule has 0 aliphatic heterocycles. The van der Waals surface area contributed by atoms with Crippen molar-refractivity contribution in [2.24, 2.45) is 0 Å². The Morgan fingerprint density at radius 3 is 1.83 bits per heavy atom. The quantitative estimate of drug-likeness (QED) is 0.743. The minimum atomic E-state index is -2.33. The molecule has 2 rings (SSSR count). The number of rotatable bonds is 3. The smallest absolute Gasteiger partial charge is 0.306 e. The average molecular weight is 250 g/mol. The van der Waals surface area contributed by atoms with Gasteiger partial charge in [-0.15, -0.1) is 0 Å². The molecule has 2 aromatic rings. The highest BCUT2D eigenvalue weighted by atomic mass is 19.3. The summed E-state index contributed by atoms with van der Waals surface area (Å²) in [6, 6.07) is 14.3. The van der Waals surface area contributed by atoms with E-state index in [-0.39, 0.29) is 5.56 Å². The van der Waals surface area contributed by atoms with E-state index in [1.807, 2.05) is 18.2 Å². The molecule has 0 atom stereocenters. The summed E-state index contributed by atoms with van der Waals surface area (Å²) >= 11 is 0. The summed E-state index contributed by atoms with van der Waals surface area (Å²) in [5.41, 5.74) is -0.171. The van der Waals surface area contributed by atoms with Gasteiger partial charge in [-0.2, -0.15) is 8.78 Å². The summed E-state index contributed by atoms with van der Waals surface area (Å²) < 4.78 is 42.4. The van der Waals surface area contributed by atoms with Gasteiger partial charge in [0.1, 0.15) is 11.5 Å². The van der Waals surface area contributed by atoms with E-state index in [0.717, 1.165) is 0 Å². The maximum Gasteiger partial charge on any atom is 0.306 e. The van der Waals surface area contributed by atoms with Gasteiger partial charge in [-0.1, -0.05) is 18.2 Å². The monoisotopic (exact) mass is 250 g/mol. The third-order valence-electron chi connectivity index (χ3n) is 2.25. The fourth-order valence-corrected chi connectivity index (χ4v) is 1.40. The van der Waals surface area contributed by atoms with Crippen molar-refractivity contribution in [3.05, 3.63) is 66.2 Å². The molecule has 0 radical (unpaired) electrons. The van der Waals surface area contributed by atoms with Crippen LogP contribution < -0.4 is 4.74 Å². The van der Waals surface area contributed by atoms with Gasteiger partial charge in [0.15, 0.2) is 5.83 Å². The second-order valence-corrected chi connectivity index (χ2v) is 3.51. The molecule has 0 heterocycles. The summed E-state index contributed by atoms with van der Waals surface area (Å²) in [5.74, 6) is -0.434. The number of hydrogen-bond donors (Lipinski definition) is 0. The Labute approximate surface area is 102 Å². The van der Waals surface area contributed by atoms with E-state index in [0.29, 0.717) is 11.5 Å². The Bertz CT molecular complexity index is 543. The van der Waals surface area contributed by atoms with Crippen LogP contribution in [0.4, 0.5) is 13.2 Å². The maximum atomic E-state index is 12.9. The first kappa shape index (κ1) is 12.2. The summed E-state index contributed by atoms with van der Waals surface area (Å²) in [6.45, 7) is 0. The standard InChI is InChI=1S/C14H9F3O/c15-13(14(16)17)10-6-8-12(9-7-10)18-11-4-2-1-3-5-11/h1-9H. The van der Waals surface area contributed by atoms with Gasteiger partial charge in [0, 0.05) is 5.56 Å². The third-order valence-corrected chi connectivity index (χ3v) is 2.25. The molecule has 4 heteroatoms. The van der Waals surface area contributed by atoms with Crippen LogP contribution in [0.5, 0.6) is 11.5 Å². The molecule has 0 fully saturated rings. The number of benzene rings is 2. The minimum absolute atomic E-state index is 0.171. The van der Waals surface area contributed by atoms with E-state index in [9.17, 15) is 13.2 Å². The van der Waals surface area contributed by atoms with Crippen LogP contribution >= 0.6 is 0 Å². The second kappa shape index (κ2) is 5.40. The van der Waals surface area contributed by atoms with Gasteiger partial charge < -0.3 is 4.74 Å². The minimum Gasteiger partial charge on any atom is -0.457 e. The SMILES string of the molecule is FC(F)=C(F)c1ccc(Oc2ccccc2)cc1. The molecule has 0 amide bonds. The Hall–Kier alpha value is -2.23. The van der Waals surface area contributed by atoms with Crippen molar-refractivity contribution < 1.29 is 17.9 Å². The first-order chi connectivity index (χ1) is 8.66. The molecule has 0 saturated heterocycles. The topological polar surface area (TPSA) is 9.23 Å². The largest absolute Gasteiger partial charge is 0.457 e. The second-order valence-electron chi connectivity index (χ2n) is 3.51. The van der Waals surface area contributed by atoms with Crippen LogP contribution in [0.25, 0.3) is 5.83 Å². The van der Waals surface area contributed by atoms with Gasteiger partial charge in [0.05, 0.1) is 0 Å². The van der Waals surface area contributed by atoms with Gasteiger partial charge >= 0.3 is 6.08 Å². The Kier molecular flexibility index (Phi) is 3.67. The van der Waals surface area contributed by atoms with Crippen LogP contribution in [0, 0.1) is 0 Å². The van der Waals surface area contributed by atoms with Crippen LogP contribution in [0.1, 0.15) is 5.56 Å². The molecule has 0 bridgehead atoms. The predicted octanol–water partition coefficient (Wildman–Crippen LogP) is 5.01. The summed E-state index contributed by atoms with van der Waals surface area (Å²) in [6.07, 6.45) is -2.33. The van der Waals surface area contributed by atoms with Gasteiger partial charge in [-0.3, -0.25) is 0 Å². The first-order valence-corrected chi connectivity index (χ1v) is 5.21. The van der Waals surface area contributed by atoms with E-state index in [1.54, 1.807) is 12.1 Å². The molecule has 0 aromatic heterocycles. The van der Waals surface area contributed by atoms with Crippen molar-refractivity contribution in [2.45, 2.75) is 0 Å². The average Bonchev–Trinajstić information content (AvgIpc) is 2.40. The van der Waals surface area contributed by atoms with Crippen LogP contribution in [0.15, 0.2) is 60.7 Å². The van der Waals surface area contributed by atoms with Gasteiger partial charge in [-0.05, 0) is 36.4 Å². The van der Waals surface area contributed by atoms with Gasteiger partial charge in [0.25, 0.3) is 0 Å². The van der Waals surface area contributed by atoms with E-state index in [1.165, 1.54) is 24.3 Å². The molecular weight excluding hydrogens is 241 g/mol. The lowest BCUT2D eigenvalue weighted by molar-refractivity contribution is 0.410. The number of ether oxygens (including phenoxy) is 1. The lowest BCUT2D eigenvalue weighted by Crippen LogP contribution is -1.85. The number of hydrogen-bond acceptors (Lipinski definition) is 1. The number of para-hydroxylation sites is 1. The molecule has 0 aliphatic carbocycles. The Morgan fingerprint density at radius 2 is 1.28 bits per heavy atom. The summed E-state index contributed by atoms with van der Waals surface area (Å²) in [4.78, 5) is 0. The van der Waals surface area contributed by atoms with E-state index in [4.69, 9.17) is 4.74 Å². The van der Waals surface area contributed by atoms with Crippen LogP contribution in [0.2, 0.25) is 0 Å². The Morgan fingerprint density at radius 1 is 0.722 bits per heavy atom. The van der Waals surface area contributed by atoms with Crippen molar-refractivity contribution >= 4 is 5.83 Å². The summed E-state index contributed by atoms with van der Waals surface area (Å²) in [5, 5.41) is 0. The van der Waals surface area contributed by atoms with Crippen LogP contribution in [-0.2, 0) is 0 Å². The zero-order chi connectivity index (χ0) is 13.0. The normalized spacial score (nSPS) is 9.94. The highest BCUT2D eigenvalue weighted by molar-refractivity contribution is 5.60. The van der Waals surface area contributed by atoms with E-state index < -0.39 is 11.9 Å². The van der Waals surface area contributed by atoms with Gasteiger partial charge in [-0.25, -0.2) is 4.39 Å². The molecule has 0 unspecified atom stereocenters. The molecule has 0 saturated carbocycles. The highest BCUT2D eigenvalue weighted by Gasteiger charge is 2.08. The van der Waals surface area contributed by atoms with E-state index in [2.05, 4.69) is 0 Å². The first-order valence-electron chi connectivity index (χ1n) is 5.21. The zero-order valence-corrected chi connectivity index (χ0v) is 9.24. The van der Waals surface area contributed by atoms with Crippen molar-refractivity contribution in [1.29, 1.82) is 0 Å². The lowest BCUT2D eigenvalue weighted by atomic mass is 10.2. The lowest BCUT2D eigenvalue weighted by Gasteiger charge is -2.05. The molecule has 1 nitrogen and oxygen atoms in total. The van der Waals surface area contributed by atoms with Gasteiger partial charge in [0.2, 0.25) is 0 Å². The molecule has 92 valence electrons. The van der Waals surface area contributed by atoms with Crippen molar-refractivity contribution in [3.63, 3.8) is 0 Å². The fraction of sp³-hybridized carbons (Fsp3) is 0. The predicted molar refractivity (Wildman–Crippen MR) is 63.2 cm³/mol. The molecule has 2 aromatic carbocycles. The highest BCUT2D eigenvalue weighted by Crippen LogP contribution is 2.26. The maximum absolute atomic E-state index is 12.9. The third kappa shape index (κ3) is 2.91. The van der Waals surface area contributed by atoms with Crippen molar-refractivity contribution in [1.82, 2.24) is 0 Å². The molecular formula is C14H9F3O. The summed E-state index contributed by atoms with van der Waals surface area (Å²) in [7, 11) is 0. The number of halogens is 3. The zero-order valence-electron chi connectivity index (χ0n) is 9.24. The fourth-order valence-electron chi connectivity index (χ4n) is 1.40. The molecule has 0 aliphatic rings. The van der Waals surface area contributed by atoms with Crippen LogP contribution in [0.3, 0.4) is 0 Å². The van der Waals surface area contributed by atoms with Crippen LogP contribution in [-0.4, -0.2) is 0 Å².